The lowest BCUT2D eigenvalue weighted by Crippen LogP contribution is -2.16. The van der Waals surface area contributed by atoms with Gasteiger partial charge in [-0.1, -0.05) is 25.6 Å². The molecule has 0 amide bonds. The van der Waals surface area contributed by atoms with Crippen molar-refractivity contribution >= 4 is 8.07 Å². The summed E-state index contributed by atoms with van der Waals surface area (Å²) in [5.41, 5.74) is 8.63. The number of benzene rings is 1. The van der Waals surface area contributed by atoms with Gasteiger partial charge in [0.05, 0.1) is 0 Å². The maximum absolute atomic E-state index is 3.40. The molecule has 1 heteroatoms. The van der Waals surface area contributed by atoms with Crippen molar-refractivity contribution in [1.29, 1.82) is 0 Å². The molecule has 80 valence electrons. The molecule has 1 aromatic rings. The molecule has 0 aliphatic carbocycles. The fourth-order valence-corrected chi connectivity index (χ4v) is 1.89. The lowest BCUT2D eigenvalue weighted by molar-refractivity contribution is 1.26. The maximum Gasteiger partial charge on any atom is 0.129 e. The maximum atomic E-state index is 3.40. The van der Waals surface area contributed by atoms with Gasteiger partial charge in [-0.3, -0.25) is 0 Å². The zero-order valence-electron chi connectivity index (χ0n) is 10.7. The summed E-state index contributed by atoms with van der Waals surface area (Å²) < 4.78 is 0. The molecule has 0 radical (unpaired) electrons. The van der Waals surface area contributed by atoms with E-state index in [1.807, 2.05) is 0 Å². The average molecular weight is 216 g/mol. The second kappa shape index (κ2) is 4.24. The predicted molar refractivity (Wildman–Crippen MR) is 70.9 cm³/mol. The summed E-state index contributed by atoms with van der Waals surface area (Å²) in [6, 6.07) is 4.38. The van der Waals surface area contributed by atoms with Crippen molar-refractivity contribution in [1.82, 2.24) is 0 Å². The van der Waals surface area contributed by atoms with Crippen molar-refractivity contribution < 1.29 is 0 Å². The molecule has 0 spiro atoms. The summed E-state index contributed by atoms with van der Waals surface area (Å²) in [4.78, 5) is 0. The summed E-state index contributed by atoms with van der Waals surface area (Å²) in [6.07, 6.45) is 0. The lowest BCUT2D eigenvalue weighted by atomic mass is 10.0. The molecule has 0 saturated carbocycles. The first-order valence-corrected chi connectivity index (χ1v) is 8.90. The molecule has 0 nitrogen and oxygen atoms in total. The van der Waals surface area contributed by atoms with Gasteiger partial charge in [0, 0.05) is 5.56 Å². The quantitative estimate of drug-likeness (QED) is 0.456. The highest BCUT2D eigenvalue weighted by Gasteiger charge is 2.07. The zero-order valence-corrected chi connectivity index (χ0v) is 11.7. The fraction of sp³-hybridized carbons (Fsp3) is 0.429. The van der Waals surface area contributed by atoms with Crippen molar-refractivity contribution in [2.24, 2.45) is 0 Å². The summed E-state index contributed by atoms with van der Waals surface area (Å²) in [6.45, 7) is 13.3. The second-order valence-electron chi connectivity index (χ2n) is 5.24. The van der Waals surface area contributed by atoms with Crippen molar-refractivity contribution in [2.75, 3.05) is 0 Å². The summed E-state index contributed by atoms with van der Waals surface area (Å²) >= 11 is 0. The molecular formula is C14H20Si. The first kappa shape index (κ1) is 12.1. The van der Waals surface area contributed by atoms with Gasteiger partial charge < -0.3 is 0 Å². The Hall–Kier alpha value is -1.00. The first-order chi connectivity index (χ1) is 6.79. The molecule has 0 aliphatic rings. The third-order valence-electron chi connectivity index (χ3n) is 2.51. The SMILES string of the molecule is Cc1cc(C#C[Si](C)(C)C)cc(C)c1C. The summed E-state index contributed by atoms with van der Waals surface area (Å²) in [7, 11) is -1.25. The minimum absolute atomic E-state index is 1.16. The Kier molecular flexibility index (Phi) is 3.41. The largest absolute Gasteiger partial charge is 0.129 e. The third-order valence-corrected chi connectivity index (χ3v) is 3.38. The van der Waals surface area contributed by atoms with Crippen LogP contribution in [-0.4, -0.2) is 8.07 Å². The van der Waals surface area contributed by atoms with Gasteiger partial charge in [0.1, 0.15) is 8.07 Å². The van der Waals surface area contributed by atoms with Crippen molar-refractivity contribution in [3.63, 3.8) is 0 Å². The van der Waals surface area contributed by atoms with Gasteiger partial charge in [-0.2, -0.15) is 0 Å². The van der Waals surface area contributed by atoms with E-state index in [4.69, 9.17) is 0 Å². The number of hydrogen-bond acceptors (Lipinski definition) is 0. The summed E-state index contributed by atoms with van der Waals surface area (Å²) in [5, 5.41) is 0. The minimum Gasteiger partial charge on any atom is -0.127 e. The number of rotatable bonds is 0. The van der Waals surface area contributed by atoms with E-state index >= 15 is 0 Å². The predicted octanol–water partition coefficient (Wildman–Crippen LogP) is 3.84. The fourth-order valence-electron chi connectivity index (χ4n) is 1.37. The van der Waals surface area contributed by atoms with Gasteiger partial charge in [-0.15, -0.1) is 5.54 Å². The van der Waals surface area contributed by atoms with Gasteiger partial charge >= 0.3 is 0 Å². The molecule has 1 aromatic carbocycles. The normalized spacial score (nSPS) is 10.8. The van der Waals surface area contributed by atoms with E-state index in [0.29, 0.717) is 0 Å². The van der Waals surface area contributed by atoms with Crippen LogP contribution in [0.3, 0.4) is 0 Å². The topological polar surface area (TPSA) is 0 Å². The van der Waals surface area contributed by atoms with Crippen LogP contribution in [-0.2, 0) is 0 Å². The van der Waals surface area contributed by atoms with Crippen LogP contribution >= 0.6 is 0 Å². The molecule has 0 N–H and O–H groups in total. The average Bonchev–Trinajstić information content (AvgIpc) is 2.09. The standard InChI is InChI=1S/C14H20Si/c1-11-9-14(7-8-15(4,5)6)10-12(2)13(11)3/h9-10H,1-6H3. The zero-order chi connectivity index (χ0) is 11.6. The van der Waals surface area contributed by atoms with Crippen LogP contribution < -0.4 is 0 Å². The van der Waals surface area contributed by atoms with E-state index in [1.54, 1.807) is 0 Å². The Morgan fingerprint density at radius 3 is 1.80 bits per heavy atom. The molecule has 0 saturated heterocycles. The van der Waals surface area contributed by atoms with E-state index in [2.05, 4.69) is 64.0 Å². The Labute approximate surface area is 94.7 Å². The molecule has 0 aromatic heterocycles. The van der Waals surface area contributed by atoms with Crippen LogP contribution in [0.15, 0.2) is 12.1 Å². The molecule has 0 fully saturated rings. The molecule has 15 heavy (non-hydrogen) atoms. The van der Waals surface area contributed by atoms with Gasteiger partial charge in [0.2, 0.25) is 0 Å². The Balaban J connectivity index is 3.12. The van der Waals surface area contributed by atoms with Crippen LogP contribution in [0.2, 0.25) is 19.6 Å². The van der Waals surface area contributed by atoms with Crippen LogP contribution in [0.1, 0.15) is 22.3 Å². The third kappa shape index (κ3) is 3.57. The molecule has 1 rings (SSSR count). The Bertz CT molecular complexity index is 402. The van der Waals surface area contributed by atoms with Gasteiger partial charge in [-0.05, 0) is 49.6 Å². The summed E-state index contributed by atoms with van der Waals surface area (Å²) in [5.74, 6) is 3.31. The van der Waals surface area contributed by atoms with Gasteiger partial charge in [0.15, 0.2) is 0 Å². The van der Waals surface area contributed by atoms with E-state index in [0.717, 1.165) is 5.56 Å². The molecule has 0 atom stereocenters. The van der Waals surface area contributed by atoms with E-state index < -0.39 is 8.07 Å². The molecule has 0 aliphatic heterocycles. The highest BCUT2D eigenvalue weighted by molar-refractivity contribution is 6.83. The Morgan fingerprint density at radius 1 is 0.933 bits per heavy atom. The molecule has 0 heterocycles. The smallest absolute Gasteiger partial charge is 0.127 e. The minimum atomic E-state index is -1.25. The first-order valence-electron chi connectivity index (χ1n) is 5.40. The molecule has 0 unspecified atom stereocenters. The van der Waals surface area contributed by atoms with Crippen LogP contribution in [0.5, 0.6) is 0 Å². The van der Waals surface area contributed by atoms with Crippen molar-refractivity contribution in [3.05, 3.63) is 34.4 Å². The van der Waals surface area contributed by atoms with E-state index in [1.165, 1.54) is 16.7 Å². The van der Waals surface area contributed by atoms with E-state index in [9.17, 15) is 0 Å². The van der Waals surface area contributed by atoms with Crippen LogP contribution in [0.4, 0.5) is 0 Å². The van der Waals surface area contributed by atoms with Crippen LogP contribution in [0, 0.1) is 32.2 Å². The highest BCUT2D eigenvalue weighted by Crippen LogP contribution is 2.14. The van der Waals surface area contributed by atoms with E-state index in [-0.39, 0.29) is 0 Å². The van der Waals surface area contributed by atoms with Crippen molar-refractivity contribution in [3.8, 4) is 11.5 Å². The van der Waals surface area contributed by atoms with Gasteiger partial charge in [0.25, 0.3) is 0 Å². The number of hydrogen-bond donors (Lipinski definition) is 0. The molecule has 0 bridgehead atoms. The van der Waals surface area contributed by atoms with Crippen LogP contribution in [0.25, 0.3) is 0 Å². The monoisotopic (exact) mass is 216 g/mol. The number of aryl methyl sites for hydroxylation is 2. The Morgan fingerprint density at radius 2 is 1.40 bits per heavy atom. The highest BCUT2D eigenvalue weighted by atomic mass is 28.3. The van der Waals surface area contributed by atoms with Crippen molar-refractivity contribution in [2.45, 2.75) is 40.4 Å². The second-order valence-corrected chi connectivity index (χ2v) is 9.99. The molecular weight excluding hydrogens is 196 g/mol. The van der Waals surface area contributed by atoms with Gasteiger partial charge in [-0.25, -0.2) is 0 Å². The lowest BCUT2D eigenvalue weighted by Gasteiger charge is -2.06.